The first kappa shape index (κ1) is 13.2. The molecule has 0 N–H and O–H groups in total. The third-order valence-electron chi connectivity index (χ3n) is 3.12. The molecule has 0 aliphatic carbocycles. The molecule has 0 radical (unpaired) electrons. The molecule has 0 aliphatic heterocycles. The lowest BCUT2D eigenvalue weighted by molar-refractivity contribution is 0.688. The van der Waals surface area contributed by atoms with Gasteiger partial charge in [0.1, 0.15) is 15.1 Å². The molecule has 2 heterocycles. The molecule has 5 heteroatoms. The zero-order valence-corrected chi connectivity index (χ0v) is 12.5. The Morgan fingerprint density at radius 2 is 2.11 bits per heavy atom. The number of thiophene rings is 1. The lowest BCUT2D eigenvalue weighted by Gasteiger charge is -2.07. The van der Waals surface area contributed by atoms with E-state index in [1.165, 1.54) is 16.9 Å². The third kappa shape index (κ3) is 1.86. The summed E-state index contributed by atoms with van der Waals surface area (Å²) in [5.41, 5.74) is 3.83. The predicted molar refractivity (Wildman–Crippen MR) is 75.5 cm³/mol. The van der Waals surface area contributed by atoms with Crippen molar-refractivity contribution in [1.82, 2.24) is 4.98 Å². The second kappa shape index (κ2) is 4.79. The number of nitrogens with zero attached hydrogens (tertiary/aromatic N) is 2. The van der Waals surface area contributed by atoms with Crippen LogP contribution in [0.25, 0.3) is 10.2 Å². The first-order valence-electron chi connectivity index (χ1n) is 5.67. The molecule has 2 rings (SSSR count). The maximum absolute atomic E-state index is 11.7. The Kier molecular flexibility index (Phi) is 3.51. The van der Waals surface area contributed by atoms with Crippen molar-refractivity contribution in [2.24, 2.45) is 0 Å². The molecule has 1 unspecified atom stereocenters. The topological polar surface area (TPSA) is 53.8 Å². The molecule has 0 aliphatic rings. The second-order valence-electron chi connectivity index (χ2n) is 4.16. The summed E-state index contributed by atoms with van der Waals surface area (Å²) >= 11 is 1.37. The third-order valence-corrected chi connectivity index (χ3v) is 5.68. The zero-order valence-electron chi connectivity index (χ0n) is 10.8. The minimum atomic E-state index is -1.14. The van der Waals surface area contributed by atoms with E-state index < -0.39 is 10.8 Å². The van der Waals surface area contributed by atoms with Gasteiger partial charge in [0.15, 0.2) is 0 Å². The Bertz CT molecular complexity index is 695. The Morgan fingerprint density at radius 1 is 1.44 bits per heavy atom. The Labute approximate surface area is 113 Å². The Balaban J connectivity index is 2.96. The van der Waals surface area contributed by atoms with E-state index in [2.05, 4.69) is 18.0 Å². The lowest BCUT2D eigenvalue weighted by Crippen LogP contribution is -1.96. The number of pyridine rings is 1. The highest BCUT2D eigenvalue weighted by atomic mass is 32.2. The quantitative estimate of drug-likeness (QED) is 0.848. The summed E-state index contributed by atoms with van der Waals surface area (Å²) in [7, 11) is -1.14. The van der Waals surface area contributed by atoms with Crippen molar-refractivity contribution < 1.29 is 4.21 Å². The van der Waals surface area contributed by atoms with E-state index in [0.717, 1.165) is 27.9 Å². The van der Waals surface area contributed by atoms with Crippen molar-refractivity contribution in [1.29, 1.82) is 5.26 Å². The van der Waals surface area contributed by atoms with Crippen molar-refractivity contribution in [2.75, 3.05) is 6.26 Å². The van der Waals surface area contributed by atoms with Crippen LogP contribution < -0.4 is 0 Å². The summed E-state index contributed by atoms with van der Waals surface area (Å²) in [6.07, 6.45) is 2.50. The normalized spacial score (nSPS) is 12.6. The Hall–Kier alpha value is -1.25. The highest BCUT2D eigenvalue weighted by Gasteiger charge is 2.19. The van der Waals surface area contributed by atoms with Crippen LogP contribution >= 0.6 is 11.3 Å². The van der Waals surface area contributed by atoms with Crippen LogP contribution in [-0.2, 0) is 17.2 Å². The summed E-state index contributed by atoms with van der Waals surface area (Å²) in [6.45, 7) is 6.09. The zero-order chi connectivity index (χ0) is 13.4. The number of aromatic nitrogens is 1. The number of aryl methyl sites for hydroxylation is 2. The van der Waals surface area contributed by atoms with Crippen molar-refractivity contribution in [3.8, 4) is 6.07 Å². The van der Waals surface area contributed by atoms with Gasteiger partial charge in [-0.05, 0) is 31.4 Å². The highest BCUT2D eigenvalue weighted by molar-refractivity contribution is 7.86. The summed E-state index contributed by atoms with van der Waals surface area (Å²) < 4.78 is 12.3. The summed E-state index contributed by atoms with van der Waals surface area (Å²) in [5.74, 6) is 0. The van der Waals surface area contributed by atoms with Crippen LogP contribution in [0, 0.1) is 25.2 Å². The fourth-order valence-electron chi connectivity index (χ4n) is 2.29. The van der Waals surface area contributed by atoms with Crippen LogP contribution in [0.15, 0.2) is 4.21 Å². The van der Waals surface area contributed by atoms with Crippen LogP contribution in [-0.4, -0.2) is 15.4 Å². The van der Waals surface area contributed by atoms with Gasteiger partial charge in [0, 0.05) is 17.3 Å². The smallest absolute Gasteiger partial charge is 0.126 e. The fraction of sp³-hybridized carbons (Fsp3) is 0.385. The number of rotatable bonds is 2. The molecule has 1 atom stereocenters. The van der Waals surface area contributed by atoms with E-state index in [1.807, 2.05) is 13.8 Å². The largest absolute Gasteiger partial charge is 0.254 e. The van der Waals surface area contributed by atoms with Crippen molar-refractivity contribution >= 4 is 32.4 Å². The number of fused-ring (bicyclic) bond motifs is 1. The van der Waals surface area contributed by atoms with Crippen LogP contribution in [0.5, 0.6) is 0 Å². The monoisotopic (exact) mass is 278 g/mol. The molecule has 0 saturated heterocycles. The SMILES string of the molecule is CCc1c(C)nc2sc(S(C)=O)c(C#N)c2c1C. The van der Waals surface area contributed by atoms with Gasteiger partial charge < -0.3 is 0 Å². The van der Waals surface area contributed by atoms with Gasteiger partial charge in [-0.3, -0.25) is 4.21 Å². The van der Waals surface area contributed by atoms with Gasteiger partial charge in [-0.1, -0.05) is 6.92 Å². The predicted octanol–water partition coefficient (Wildman–Crippen LogP) is 3.08. The maximum Gasteiger partial charge on any atom is 0.126 e. The van der Waals surface area contributed by atoms with Crippen molar-refractivity contribution in [3.05, 3.63) is 22.4 Å². The van der Waals surface area contributed by atoms with Gasteiger partial charge in [0.2, 0.25) is 0 Å². The molecule has 0 saturated carbocycles. The highest BCUT2D eigenvalue weighted by Crippen LogP contribution is 2.35. The summed E-state index contributed by atoms with van der Waals surface area (Å²) in [5, 5.41) is 10.2. The molecular formula is C13H14N2OS2. The van der Waals surface area contributed by atoms with E-state index in [-0.39, 0.29) is 0 Å². The molecule has 0 fully saturated rings. The van der Waals surface area contributed by atoms with Crippen LogP contribution in [0.2, 0.25) is 0 Å². The molecule has 0 amide bonds. The number of hydrogen-bond donors (Lipinski definition) is 0. The average Bonchev–Trinajstić information content (AvgIpc) is 2.68. The Morgan fingerprint density at radius 3 is 2.61 bits per heavy atom. The fourth-order valence-corrected chi connectivity index (χ4v) is 4.40. The number of hydrogen-bond acceptors (Lipinski definition) is 4. The van der Waals surface area contributed by atoms with E-state index in [4.69, 9.17) is 0 Å². The van der Waals surface area contributed by atoms with E-state index >= 15 is 0 Å². The van der Waals surface area contributed by atoms with Gasteiger partial charge in [0.25, 0.3) is 0 Å². The minimum absolute atomic E-state index is 0.538. The molecule has 18 heavy (non-hydrogen) atoms. The van der Waals surface area contributed by atoms with E-state index in [0.29, 0.717) is 9.77 Å². The minimum Gasteiger partial charge on any atom is -0.254 e. The standard InChI is InChI=1S/C13H14N2OS2/c1-5-9-7(2)11-10(6-14)13(18(4)16)17-12(11)15-8(9)3/h5H2,1-4H3. The maximum atomic E-state index is 11.7. The molecule has 3 nitrogen and oxygen atoms in total. The molecular weight excluding hydrogens is 264 g/mol. The average molecular weight is 278 g/mol. The van der Waals surface area contributed by atoms with Gasteiger partial charge >= 0.3 is 0 Å². The molecule has 0 spiro atoms. The van der Waals surface area contributed by atoms with Crippen molar-refractivity contribution in [2.45, 2.75) is 31.4 Å². The molecule has 94 valence electrons. The van der Waals surface area contributed by atoms with Crippen molar-refractivity contribution in [3.63, 3.8) is 0 Å². The number of nitriles is 1. The van der Waals surface area contributed by atoms with E-state index in [9.17, 15) is 9.47 Å². The van der Waals surface area contributed by atoms with Gasteiger partial charge in [0.05, 0.1) is 16.4 Å². The van der Waals surface area contributed by atoms with Crippen LogP contribution in [0.4, 0.5) is 0 Å². The molecule has 2 aromatic heterocycles. The molecule has 0 bridgehead atoms. The van der Waals surface area contributed by atoms with Gasteiger partial charge in [-0.25, -0.2) is 4.98 Å². The lowest BCUT2D eigenvalue weighted by atomic mass is 10.0. The first-order valence-corrected chi connectivity index (χ1v) is 8.04. The molecule has 2 aromatic rings. The summed E-state index contributed by atoms with van der Waals surface area (Å²) in [6, 6.07) is 2.19. The first-order chi connectivity index (χ1) is 8.51. The van der Waals surface area contributed by atoms with E-state index in [1.54, 1.807) is 6.26 Å². The summed E-state index contributed by atoms with van der Waals surface area (Å²) in [4.78, 5) is 5.38. The van der Waals surface area contributed by atoms with Crippen LogP contribution in [0.1, 0.15) is 29.3 Å². The van der Waals surface area contributed by atoms with Crippen LogP contribution in [0.3, 0.4) is 0 Å². The van der Waals surface area contributed by atoms with Gasteiger partial charge in [-0.15, -0.1) is 11.3 Å². The second-order valence-corrected chi connectivity index (χ2v) is 6.74. The molecule has 0 aromatic carbocycles. The van der Waals surface area contributed by atoms with Gasteiger partial charge in [-0.2, -0.15) is 5.26 Å².